The molecule has 0 radical (unpaired) electrons. The molecular weight excluding hydrogens is 379 g/mol. The lowest BCUT2D eigenvalue weighted by Gasteiger charge is -2.32. The van der Waals surface area contributed by atoms with E-state index in [1.165, 1.54) is 12.1 Å². The number of amides is 1. The van der Waals surface area contributed by atoms with E-state index in [1.54, 1.807) is 36.4 Å². The number of hydrogen-bond acceptors (Lipinski definition) is 3. The maximum Gasteiger partial charge on any atom is 0.251 e. The van der Waals surface area contributed by atoms with Crippen molar-refractivity contribution in [2.24, 2.45) is 0 Å². The fourth-order valence-electron chi connectivity index (χ4n) is 3.37. The van der Waals surface area contributed by atoms with Gasteiger partial charge in [0, 0.05) is 35.8 Å². The van der Waals surface area contributed by atoms with Crippen LogP contribution in [0, 0.1) is 5.82 Å². The number of nitrogens with one attached hydrogen (secondary N) is 2. The Labute approximate surface area is 167 Å². The molecule has 0 bridgehead atoms. The number of carbonyl (C=O) groups excluding carboxylic acids is 1. The molecule has 1 fully saturated rings. The topological polar surface area (TPSA) is 61.0 Å². The molecule has 144 valence electrons. The zero-order valence-electron chi connectivity index (χ0n) is 15.2. The summed E-state index contributed by atoms with van der Waals surface area (Å²) in [5, 5.41) is 11.1. The highest BCUT2D eigenvalue weighted by Crippen LogP contribution is 2.24. The van der Waals surface area contributed by atoms with Crippen molar-refractivity contribution in [3.63, 3.8) is 0 Å². The van der Waals surface area contributed by atoms with Crippen LogP contribution in [0.3, 0.4) is 0 Å². The van der Waals surface area contributed by atoms with Crippen LogP contribution in [0.5, 0.6) is 0 Å². The number of H-pyrrole nitrogens is 1. The number of nitrogens with zero attached hydrogens (tertiary/aromatic N) is 2. The van der Waals surface area contributed by atoms with Crippen molar-refractivity contribution in [1.82, 2.24) is 15.5 Å². The van der Waals surface area contributed by atoms with Crippen LogP contribution in [-0.4, -0.2) is 35.2 Å². The number of benzene rings is 2. The number of aromatic amines is 1. The monoisotopic (exact) mass is 398 g/mol. The smallest absolute Gasteiger partial charge is 0.251 e. The van der Waals surface area contributed by atoms with Crippen LogP contribution in [0.1, 0.15) is 23.2 Å². The van der Waals surface area contributed by atoms with Gasteiger partial charge in [-0.1, -0.05) is 11.6 Å². The summed E-state index contributed by atoms with van der Waals surface area (Å²) in [5.74, 6) is 0.529. The van der Waals surface area contributed by atoms with Crippen molar-refractivity contribution in [1.29, 1.82) is 0 Å². The summed E-state index contributed by atoms with van der Waals surface area (Å²) in [4.78, 5) is 14.5. The van der Waals surface area contributed by atoms with E-state index >= 15 is 0 Å². The molecule has 2 aromatic carbocycles. The minimum absolute atomic E-state index is 0.0755. The van der Waals surface area contributed by atoms with Gasteiger partial charge in [-0.15, -0.1) is 0 Å². The van der Waals surface area contributed by atoms with Crippen molar-refractivity contribution < 1.29 is 9.18 Å². The van der Waals surface area contributed by atoms with Gasteiger partial charge in [-0.2, -0.15) is 5.10 Å². The van der Waals surface area contributed by atoms with Crippen LogP contribution in [0.4, 0.5) is 10.2 Å². The summed E-state index contributed by atoms with van der Waals surface area (Å²) in [6.07, 6.45) is 1.69. The Bertz CT molecular complexity index is 947. The molecule has 1 aliphatic rings. The van der Waals surface area contributed by atoms with Crippen LogP contribution in [0.15, 0.2) is 54.6 Å². The lowest BCUT2D eigenvalue weighted by Crippen LogP contribution is -2.44. The summed E-state index contributed by atoms with van der Waals surface area (Å²) in [6, 6.07) is 15.3. The minimum atomic E-state index is -0.258. The van der Waals surface area contributed by atoms with E-state index in [0.29, 0.717) is 10.6 Å². The van der Waals surface area contributed by atoms with Gasteiger partial charge < -0.3 is 10.2 Å². The molecule has 0 saturated carbocycles. The summed E-state index contributed by atoms with van der Waals surface area (Å²) >= 11 is 5.87. The average molecular weight is 399 g/mol. The number of rotatable bonds is 4. The number of halogens is 2. The molecule has 1 aromatic heterocycles. The van der Waals surface area contributed by atoms with E-state index in [0.717, 1.165) is 43.0 Å². The molecule has 1 amide bonds. The Morgan fingerprint density at radius 3 is 2.46 bits per heavy atom. The highest BCUT2D eigenvalue weighted by atomic mass is 35.5. The van der Waals surface area contributed by atoms with E-state index < -0.39 is 0 Å². The fraction of sp³-hybridized carbons (Fsp3) is 0.238. The zero-order chi connectivity index (χ0) is 19.5. The highest BCUT2D eigenvalue weighted by Gasteiger charge is 2.22. The molecule has 0 aliphatic carbocycles. The molecule has 1 aliphatic heterocycles. The Balaban J connectivity index is 1.33. The maximum absolute atomic E-state index is 13.1. The van der Waals surface area contributed by atoms with Gasteiger partial charge in [0.1, 0.15) is 5.82 Å². The molecule has 2 N–H and O–H groups in total. The molecule has 1 saturated heterocycles. The summed E-state index contributed by atoms with van der Waals surface area (Å²) < 4.78 is 13.1. The predicted octanol–water partition coefficient (Wildman–Crippen LogP) is 4.27. The van der Waals surface area contributed by atoms with Crippen LogP contribution in [-0.2, 0) is 0 Å². The number of anilines is 1. The van der Waals surface area contributed by atoms with E-state index in [1.807, 2.05) is 6.07 Å². The van der Waals surface area contributed by atoms with E-state index in [4.69, 9.17) is 11.6 Å². The standard InChI is InChI=1S/C21H20ClFN4O/c22-16-5-1-15(2-6-16)21(28)24-18-9-11-27(12-10-18)20-13-19(25-26-20)14-3-7-17(23)8-4-14/h1-8,13,18H,9-12H2,(H,24,28)(H,25,26). The Morgan fingerprint density at radius 1 is 1.11 bits per heavy atom. The van der Waals surface area contributed by atoms with Gasteiger partial charge in [0.15, 0.2) is 5.82 Å². The first-order valence-corrected chi connectivity index (χ1v) is 9.59. The van der Waals surface area contributed by atoms with Gasteiger partial charge in [0.25, 0.3) is 5.91 Å². The third-order valence-electron chi connectivity index (χ3n) is 4.98. The number of piperidine rings is 1. The second-order valence-corrected chi connectivity index (χ2v) is 7.32. The Morgan fingerprint density at radius 2 is 1.79 bits per heavy atom. The first-order chi connectivity index (χ1) is 13.6. The summed E-state index contributed by atoms with van der Waals surface area (Å²) in [7, 11) is 0. The minimum Gasteiger partial charge on any atom is -0.355 e. The van der Waals surface area contributed by atoms with Crippen molar-refractivity contribution >= 4 is 23.3 Å². The third kappa shape index (κ3) is 4.17. The Hall–Kier alpha value is -2.86. The number of hydrogen-bond donors (Lipinski definition) is 2. The van der Waals surface area contributed by atoms with Crippen LogP contribution in [0.2, 0.25) is 5.02 Å². The fourth-order valence-corrected chi connectivity index (χ4v) is 3.50. The molecule has 5 nitrogen and oxygen atoms in total. The second-order valence-electron chi connectivity index (χ2n) is 6.89. The maximum atomic E-state index is 13.1. The van der Waals surface area contributed by atoms with E-state index in [9.17, 15) is 9.18 Å². The van der Waals surface area contributed by atoms with E-state index in [2.05, 4.69) is 20.4 Å². The summed E-state index contributed by atoms with van der Waals surface area (Å²) in [5.41, 5.74) is 2.36. The van der Waals surface area contributed by atoms with Gasteiger partial charge in [-0.3, -0.25) is 9.89 Å². The first kappa shape index (κ1) is 18.5. The van der Waals surface area contributed by atoms with Gasteiger partial charge in [-0.25, -0.2) is 4.39 Å². The molecule has 0 spiro atoms. The molecule has 4 rings (SSSR count). The SMILES string of the molecule is O=C(NC1CCN(c2cc(-c3ccc(F)cc3)[nH]n2)CC1)c1ccc(Cl)cc1. The Kier molecular flexibility index (Phi) is 5.30. The van der Waals surface area contributed by atoms with E-state index in [-0.39, 0.29) is 17.8 Å². The average Bonchev–Trinajstić information content (AvgIpc) is 3.20. The van der Waals surface area contributed by atoms with Crippen molar-refractivity contribution in [3.05, 3.63) is 71.0 Å². The number of aromatic nitrogens is 2. The van der Waals surface area contributed by atoms with Crippen LogP contribution >= 0.6 is 11.6 Å². The van der Waals surface area contributed by atoms with Gasteiger partial charge in [0.05, 0.1) is 5.69 Å². The molecular formula is C21H20ClFN4O. The molecule has 28 heavy (non-hydrogen) atoms. The lowest BCUT2D eigenvalue weighted by molar-refractivity contribution is 0.0931. The number of carbonyl (C=O) groups is 1. The third-order valence-corrected chi connectivity index (χ3v) is 5.23. The molecule has 0 unspecified atom stereocenters. The van der Waals surface area contributed by atoms with Gasteiger partial charge in [0.2, 0.25) is 0 Å². The van der Waals surface area contributed by atoms with Crippen LogP contribution < -0.4 is 10.2 Å². The molecule has 7 heteroatoms. The quantitative estimate of drug-likeness (QED) is 0.690. The predicted molar refractivity (Wildman–Crippen MR) is 108 cm³/mol. The summed E-state index contributed by atoms with van der Waals surface area (Å²) in [6.45, 7) is 1.61. The largest absolute Gasteiger partial charge is 0.355 e. The molecule has 2 heterocycles. The molecule has 0 atom stereocenters. The molecule has 3 aromatic rings. The normalized spacial score (nSPS) is 14.9. The second kappa shape index (κ2) is 8.02. The van der Waals surface area contributed by atoms with Crippen molar-refractivity contribution in [2.45, 2.75) is 18.9 Å². The zero-order valence-corrected chi connectivity index (χ0v) is 15.9. The van der Waals surface area contributed by atoms with Crippen molar-refractivity contribution in [2.75, 3.05) is 18.0 Å². The van der Waals surface area contributed by atoms with Gasteiger partial charge >= 0.3 is 0 Å². The van der Waals surface area contributed by atoms with Crippen molar-refractivity contribution in [3.8, 4) is 11.3 Å². The lowest BCUT2D eigenvalue weighted by atomic mass is 10.0. The highest BCUT2D eigenvalue weighted by molar-refractivity contribution is 6.30. The van der Waals surface area contributed by atoms with Gasteiger partial charge in [-0.05, 0) is 66.9 Å². The first-order valence-electron chi connectivity index (χ1n) is 9.21. The van der Waals surface area contributed by atoms with Crippen LogP contribution in [0.25, 0.3) is 11.3 Å².